The quantitative estimate of drug-likeness (QED) is 0.873. The van der Waals surface area contributed by atoms with Crippen LogP contribution in [-0.2, 0) is 0 Å². The Kier molecular flexibility index (Phi) is 3.55. The van der Waals surface area contributed by atoms with Crippen molar-refractivity contribution < 1.29 is 5.11 Å². The van der Waals surface area contributed by atoms with Gasteiger partial charge in [0.25, 0.3) is 0 Å². The normalized spacial score (nSPS) is 14.3. The summed E-state index contributed by atoms with van der Waals surface area (Å²) in [7, 11) is 0. The third kappa shape index (κ3) is 2.53. The molecule has 0 aliphatic rings. The molecule has 88 valence electrons. The number of aryl methyl sites for hydroxylation is 1. The zero-order valence-corrected chi connectivity index (χ0v) is 10.2. The van der Waals surface area contributed by atoms with E-state index < -0.39 is 6.10 Å². The largest absolute Gasteiger partial charge is 0.388 e. The number of aromatic nitrogens is 1. The molecule has 0 aliphatic heterocycles. The van der Waals surface area contributed by atoms with Crippen LogP contribution in [0.1, 0.15) is 35.6 Å². The Balaban J connectivity index is 2.27. The predicted octanol–water partition coefficient (Wildman–Crippen LogP) is 3.23. The van der Waals surface area contributed by atoms with Gasteiger partial charge < -0.3 is 5.11 Å². The molecule has 2 heteroatoms. The third-order valence-corrected chi connectivity index (χ3v) is 3.20. The number of aliphatic hydroxyl groups excluding tert-OH is 1. The monoisotopic (exact) mass is 227 g/mol. The van der Waals surface area contributed by atoms with Gasteiger partial charge in [-0.05, 0) is 24.1 Å². The molecule has 2 atom stereocenters. The molecule has 0 bridgehead atoms. The molecule has 1 aromatic carbocycles. The highest BCUT2D eigenvalue weighted by Gasteiger charge is 2.19. The van der Waals surface area contributed by atoms with Gasteiger partial charge in [-0.15, -0.1) is 0 Å². The molecule has 0 fully saturated rings. The number of hydrogen-bond donors (Lipinski definition) is 1. The van der Waals surface area contributed by atoms with Crippen molar-refractivity contribution in [3.8, 4) is 0 Å². The summed E-state index contributed by atoms with van der Waals surface area (Å²) < 4.78 is 0. The average Bonchev–Trinajstić information content (AvgIpc) is 2.39. The van der Waals surface area contributed by atoms with Crippen LogP contribution in [0.2, 0.25) is 0 Å². The Morgan fingerprint density at radius 2 is 1.82 bits per heavy atom. The number of nitrogens with zero attached hydrogens (tertiary/aromatic N) is 1. The van der Waals surface area contributed by atoms with E-state index >= 15 is 0 Å². The highest BCUT2D eigenvalue weighted by Crippen LogP contribution is 2.31. The van der Waals surface area contributed by atoms with Crippen molar-refractivity contribution >= 4 is 0 Å². The molecule has 0 spiro atoms. The second-order valence-electron chi connectivity index (χ2n) is 4.38. The van der Waals surface area contributed by atoms with Gasteiger partial charge in [-0.25, -0.2) is 0 Å². The van der Waals surface area contributed by atoms with Gasteiger partial charge in [-0.2, -0.15) is 0 Å². The fraction of sp³-hybridized carbons (Fsp3) is 0.267. The molecule has 1 aromatic heterocycles. The molecule has 2 aromatic rings. The van der Waals surface area contributed by atoms with Gasteiger partial charge in [0.05, 0.1) is 6.10 Å². The first-order valence-electron chi connectivity index (χ1n) is 5.83. The fourth-order valence-electron chi connectivity index (χ4n) is 1.99. The van der Waals surface area contributed by atoms with Crippen molar-refractivity contribution in [2.75, 3.05) is 0 Å². The van der Waals surface area contributed by atoms with E-state index in [4.69, 9.17) is 0 Å². The van der Waals surface area contributed by atoms with Crippen LogP contribution in [0, 0.1) is 6.92 Å². The lowest BCUT2D eigenvalue weighted by molar-refractivity contribution is 0.150. The van der Waals surface area contributed by atoms with Crippen LogP contribution in [0.25, 0.3) is 0 Å². The first kappa shape index (κ1) is 11.8. The number of rotatable bonds is 3. The molecule has 0 saturated heterocycles. The lowest BCUT2D eigenvalue weighted by Gasteiger charge is -2.20. The number of pyridine rings is 1. The zero-order chi connectivity index (χ0) is 12.3. The minimum Gasteiger partial charge on any atom is -0.388 e. The molecule has 0 amide bonds. The molecule has 2 rings (SSSR count). The van der Waals surface area contributed by atoms with Crippen LogP contribution in [0.15, 0.2) is 48.8 Å². The van der Waals surface area contributed by atoms with Crippen molar-refractivity contribution in [3.05, 3.63) is 65.5 Å². The first-order valence-corrected chi connectivity index (χ1v) is 5.83. The standard InChI is InChI=1S/C15H17NO/c1-11-8-9-16-10-14(11)15(17)12(2)13-6-4-3-5-7-13/h3-10,12,15,17H,1-2H3. The molecular formula is C15H17NO. The molecule has 17 heavy (non-hydrogen) atoms. The SMILES string of the molecule is Cc1ccncc1C(O)C(C)c1ccccc1. The summed E-state index contributed by atoms with van der Waals surface area (Å²) in [5, 5.41) is 10.4. The topological polar surface area (TPSA) is 33.1 Å². The Hall–Kier alpha value is -1.67. The fourth-order valence-corrected chi connectivity index (χ4v) is 1.99. The van der Waals surface area contributed by atoms with E-state index in [9.17, 15) is 5.11 Å². The molecular weight excluding hydrogens is 210 g/mol. The summed E-state index contributed by atoms with van der Waals surface area (Å²) in [4.78, 5) is 4.08. The van der Waals surface area contributed by atoms with Gasteiger partial charge in [0.2, 0.25) is 0 Å². The van der Waals surface area contributed by atoms with Gasteiger partial charge in [0, 0.05) is 23.9 Å². The van der Waals surface area contributed by atoms with Crippen LogP contribution in [0.4, 0.5) is 0 Å². The maximum atomic E-state index is 10.4. The Labute approximate surface area is 102 Å². The summed E-state index contributed by atoms with van der Waals surface area (Å²) in [6.45, 7) is 4.03. The molecule has 2 unspecified atom stereocenters. The summed E-state index contributed by atoms with van der Waals surface area (Å²) in [6, 6.07) is 12.0. The van der Waals surface area contributed by atoms with Gasteiger partial charge in [0.1, 0.15) is 0 Å². The lowest BCUT2D eigenvalue weighted by Crippen LogP contribution is -2.09. The van der Waals surface area contributed by atoms with Crippen LogP contribution < -0.4 is 0 Å². The minimum absolute atomic E-state index is 0.0686. The van der Waals surface area contributed by atoms with Gasteiger partial charge in [-0.1, -0.05) is 37.3 Å². The minimum atomic E-state index is -0.508. The zero-order valence-electron chi connectivity index (χ0n) is 10.2. The predicted molar refractivity (Wildman–Crippen MR) is 68.8 cm³/mol. The Bertz CT molecular complexity index is 481. The van der Waals surface area contributed by atoms with Crippen molar-refractivity contribution in [2.24, 2.45) is 0 Å². The van der Waals surface area contributed by atoms with Crippen LogP contribution >= 0.6 is 0 Å². The van der Waals surface area contributed by atoms with Crippen LogP contribution in [-0.4, -0.2) is 10.1 Å². The summed E-state index contributed by atoms with van der Waals surface area (Å²) in [5.41, 5.74) is 3.13. The molecule has 0 aliphatic carbocycles. The van der Waals surface area contributed by atoms with Crippen molar-refractivity contribution in [3.63, 3.8) is 0 Å². The van der Waals surface area contributed by atoms with E-state index in [0.29, 0.717) is 0 Å². The molecule has 2 nitrogen and oxygen atoms in total. The van der Waals surface area contributed by atoms with E-state index in [0.717, 1.165) is 16.7 Å². The first-order chi connectivity index (χ1) is 8.20. The maximum absolute atomic E-state index is 10.4. The summed E-state index contributed by atoms with van der Waals surface area (Å²) in [5.74, 6) is 0.0686. The van der Waals surface area contributed by atoms with E-state index in [1.54, 1.807) is 12.4 Å². The van der Waals surface area contributed by atoms with Gasteiger partial charge >= 0.3 is 0 Å². The molecule has 0 radical (unpaired) electrons. The second kappa shape index (κ2) is 5.11. The maximum Gasteiger partial charge on any atom is 0.0873 e. The molecule has 1 N–H and O–H groups in total. The highest BCUT2D eigenvalue weighted by molar-refractivity contribution is 5.29. The smallest absolute Gasteiger partial charge is 0.0873 e. The second-order valence-corrected chi connectivity index (χ2v) is 4.38. The summed E-state index contributed by atoms with van der Waals surface area (Å²) in [6.07, 6.45) is 2.99. The van der Waals surface area contributed by atoms with Crippen LogP contribution in [0.5, 0.6) is 0 Å². The van der Waals surface area contributed by atoms with Gasteiger partial charge in [-0.3, -0.25) is 4.98 Å². The van der Waals surface area contributed by atoms with E-state index in [1.807, 2.05) is 50.2 Å². The molecule has 0 saturated carbocycles. The number of aliphatic hydroxyl groups is 1. The van der Waals surface area contributed by atoms with Crippen molar-refractivity contribution in [1.82, 2.24) is 4.98 Å². The van der Waals surface area contributed by atoms with E-state index in [1.165, 1.54) is 0 Å². The van der Waals surface area contributed by atoms with Crippen LogP contribution in [0.3, 0.4) is 0 Å². The molecule has 1 heterocycles. The van der Waals surface area contributed by atoms with E-state index in [2.05, 4.69) is 4.98 Å². The lowest BCUT2D eigenvalue weighted by atomic mass is 9.90. The Morgan fingerprint density at radius 3 is 2.47 bits per heavy atom. The Morgan fingerprint density at radius 1 is 1.12 bits per heavy atom. The summed E-state index contributed by atoms with van der Waals surface area (Å²) >= 11 is 0. The van der Waals surface area contributed by atoms with Gasteiger partial charge in [0.15, 0.2) is 0 Å². The van der Waals surface area contributed by atoms with Crippen molar-refractivity contribution in [1.29, 1.82) is 0 Å². The van der Waals surface area contributed by atoms with Crippen molar-refractivity contribution in [2.45, 2.75) is 25.9 Å². The third-order valence-electron chi connectivity index (χ3n) is 3.20. The average molecular weight is 227 g/mol. The number of hydrogen-bond acceptors (Lipinski definition) is 2. The number of benzene rings is 1. The highest BCUT2D eigenvalue weighted by atomic mass is 16.3. The van der Waals surface area contributed by atoms with E-state index in [-0.39, 0.29) is 5.92 Å².